The van der Waals surface area contributed by atoms with E-state index in [0.717, 1.165) is 0 Å². The van der Waals surface area contributed by atoms with Crippen LogP contribution < -0.4 is 10.5 Å². The maximum Gasteiger partial charge on any atom is 0.252 e. The number of aliphatic hydroxyl groups excluding tert-OH is 1. The summed E-state index contributed by atoms with van der Waals surface area (Å²) in [6.07, 6.45) is 1.40. The minimum absolute atomic E-state index is 0.198. The van der Waals surface area contributed by atoms with Gasteiger partial charge in [0, 0.05) is 25.4 Å². The largest absolute Gasteiger partial charge is 0.390 e. The lowest BCUT2D eigenvalue weighted by Gasteiger charge is -2.11. The summed E-state index contributed by atoms with van der Waals surface area (Å²) < 4.78 is 4.97. The predicted molar refractivity (Wildman–Crippen MR) is 55.3 cm³/mol. The highest BCUT2D eigenvalue weighted by atomic mass is 16.5. The summed E-state index contributed by atoms with van der Waals surface area (Å²) in [6.45, 7) is -0.198. The molecule has 7 nitrogen and oxygen atoms in total. The van der Waals surface area contributed by atoms with Crippen molar-refractivity contribution in [2.45, 2.75) is 6.61 Å². The molecule has 0 aliphatic heterocycles. The molecule has 0 atom stereocenters. The van der Waals surface area contributed by atoms with Gasteiger partial charge in [-0.1, -0.05) is 5.16 Å². The monoisotopic (exact) mass is 222 g/mol. The highest BCUT2D eigenvalue weighted by molar-refractivity contribution is 5.48. The van der Waals surface area contributed by atoms with E-state index >= 15 is 0 Å². The molecule has 0 saturated carbocycles. The van der Waals surface area contributed by atoms with Gasteiger partial charge in [-0.15, -0.1) is 0 Å². The van der Waals surface area contributed by atoms with Crippen LogP contribution in [0.2, 0.25) is 0 Å². The fourth-order valence-electron chi connectivity index (χ4n) is 1.17. The average Bonchev–Trinajstić information content (AvgIpc) is 2.76. The van der Waals surface area contributed by atoms with Gasteiger partial charge in [-0.05, 0) is 0 Å². The van der Waals surface area contributed by atoms with Crippen molar-refractivity contribution < 1.29 is 9.63 Å². The van der Waals surface area contributed by atoms with Crippen LogP contribution in [0.1, 0.15) is 5.69 Å². The van der Waals surface area contributed by atoms with Crippen molar-refractivity contribution in [3.63, 3.8) is 0 Å². The number of hydrogen-bond acceptors (Lipinski definition) is 6. The third-order valence-corrected chi connectivity index (χ3v) is 2.01. The highest BCUT2D eigenvalue weighted by Crippen LogP contribution is 2.19. The van der Waals surface area contributed by atoms with Crippen LogP contribution in [0.25, 0.3) is 0 Å². The van der Waals surface area contributed by atoms with Gasteiger partial charge in [-0.25, -0.2) is 4.98 Å². The van der Waals surface area contributed by atoms with Gasteiger partial charge in [0.05, 0.1) is 6.61 Å². The Morgan fingerprint density at radius 3 is 3.06 bits per heavy atom. The van der Waals surface area contributed by atoms with E-state index in [0.29, 0.717) is 17.5 Å². The number of nitrogens with one attached hydrogen (secondary N) is 1. The van der Waals surface area contributed by atoms with E-state index in [2.05, 4.69) is 15.1 Å². The molecule has 0 aliphatic rings. The van der Waals surface area contributed by atoms with Crippen molar-refractivity contribution in [3.8, 4) is 0 Å². The molecule has 2 rings (SSSR count). The van der Waals surface area contributed by atoms with Crippen LogP contribution in [0.5, 0.6) is 0 Å². The third kappa shape index (κ3) is 1.94. The van der Waals surface area contributed by atoms with Gasteiger partial charge in [-0.3, -0.25) is 14.7 Å². The molecule has 0 aromatic carbocycles. The maximum absolute atomic E-state index is 11.1. The molecular weight excluding hydrogens is 212 g/mol. The molecule has 0 amide bonds. The molecule has 84 valence electrons. The molecule has 0 unspecified atom stereocenters. The number of rotatable bonds is 3. The van der Waals surface area contributed by atoms with E-state index in [1.807, 2.05) is 0 Å². The van der Waals surface area contributed by atoms with Crippen LogP contribution in [0.15, 0.2) is 27.6 Å². The lowest BCUT2D eigenvalue weighted by Crippen LogP contribution is -2.17. The molecular formula is C9H10N4O3. The Balaban J connectivity index is 2.31. The number of hydrogen-bond donors (Lipinski definition) is 2. The lowest BCUT2D eigenvalue weighted by atomic mass is 10.4. The zero-order valence-electron chi connectivity index (χ0n) is 8.54. The van der Waals surface area contributed by atoms with Gasteiger partial charge in [0.25, 0.3) is 5.56 Å². The second-order valence-corrected chi connectivity index (χ2v) is 3.13. The standard InChI is InChI=1S/C9H10N4O3/c1-13(8-4-6(5-14)12-16-8)9-10-3-2-7(15)11-9/h2-4,14H,5H2,1H3,(H,10,11,15). The van der Waals surface area contributed by atoms with Crippen LogP contribution >= 0.6 is 0 Å². The molecule has 16 heavy (non-hydrogen) atoms. The van der Waals surface area contributed by atoms with Crippen molar-refractivity contribution in [2.24, 2.45) is 0 Å². The van der Waals surface area contributed by atoms with Crippen molar-refractivity contribution >= 4 is 11.8 Å². The first-order valence-electron chi connectivity index (χ1n) is 4.56. The summed E-state index contributed by atoms with van der Waals surface area (Å²) >= 11 is 0. The smallest absolute Gasteiger partial charge is 0.252 e. The molecule has 2 aromatic rings. The summed E-state index contributed by atoms with van der Waals surface area (Å²) in [7, 11) is 1.67. The third-order valence-electron chi connectivity index (χ3n) is 2.01. The van der Waals surface area contributed by atoms with Crippen LogP contribution in [0.3, 0.4) is 0 Å². The molecule has 0 radical (unpaired) electrons. The minimum atomic E-state index is -0.251. The fourth-order valence-corrected chi connectivity index (χ4v) is 1.17. The number of aromatic amines is 1. The molecule has 0 aliphatic carbocycles. The molecule has 0 spiro atoms. The zero-order chi connectivity index (χ0) is 11.5. The van der Waals surface area contributed by atoms with Gasteiger partial charge in [0.2, 0.25) is 11.8 Å². The average molecular weight is 222 g/mol. The number of H-pyrrole nitrogens is 1. The maximum atomic E-state index is 11.1. The SMILES string of the molecule is CN(c1nccc(=O)[nH]1)c1cc(CO)no1. The number of anilines is 2. The van der Waals surface area contributed by atoms with Crippen molar-refractivity contribution in [3.05, 3.63) is 34.4 Å². The number of aliphatic hydroxyl groups is 1. The molecule has 7 heteroatoms. The lowest BCUT2D eigenvalue weighted by molar-refractivity contribution is 0.267. The Bertz CT molecular complexity index is 533. The van der Waals surface area contributed by atoms with Gasteiger partial charge in [0.1, 0.15) is 5.69 Å². The first-order chi connectivity index (χ1) is 7.70. The first kappa shape index (κ1) is 10.4. The number of nitrogens with zero attached hydrogens (tertiary/aromatic N) is 3. The molecule has 2 heterocycles. The van der Waals surface area contributed by atoms with Gasteiger partial charge in [-0.2, -0.15) is 0 Å². The first-order valence-corrected chi connectivity index (χ1v) is 4.56. The highest BCUT2D eigenvalue weighted by Gasteiger charge is 2.11. The Morgan fingerprint density at radius 2 is 2.44 bits per heavy atom. The summed E-state index contributed by atoms with van der Waals surface area (Å²) in [5.41, 5.74) is 0.166. The van der Waals surface area contributed by atoms with E-state index in [-0.39, 0.29) is 12.2 Å². The fraction of sp³-hybridized carbons (Fsp3) is 0.222. The molecule has 0 saturated heterocycles. The van der Waals surface area contributed by atoms with Crippen molar-refractivity contribution in [1.29, 1.82) is 0 Å². The topological polar surface area (TPSA) is 95.2 Å². The Kier molecular flexibility index (Phi) is 2.69. The van der Waals surface area contributed by atoms with Crippen LogP contribution in [-0.4, -0.2) is 27.3 Å². The van der Waals surface area contributed by atoms with Crippen molar-refractivity contribution in [1.82, 2.24) is 15.1 Å². The molecule has 0 fully saturated rings. The van der Waals surface area contributed by atoms with Gasteiger partial charge in [0.15, 0.2) is 0 Å². The normalized spacial score (nSPS) is 10.4. The summed E-state index contributed by atoms with van der Waals surface area (Å²) in [4.78, 5) is 19.1. The van der Waals surface area contributed by atoms with E-state index in [4.69, 9.17) is 9.63 Å². The van der Waals surface area contributed by atoms with E-state index < -0.39 is 0 Å². The Labute approximate surface area is 90.3 Å². The van der Waals surface area contributed by atoms with E-state index in [1.165, 1.54) is 17.2 Å². The van der Waals surface area contributed by atoms with E-state index in [9.17, 15) is 4.79 Å². The van der Waals surface area contributed by atoms with Gasteiger partial charge < -0.3 is 9.63 Å². The van der Waals surface area contributed by atoms with Crippen molar-refractivity contribution in [2.75, 3.05) is 11.9 Å². The van der Waals surface area contributed by atoms with Crippen LogP contribution in [0, 0.1) is 0 Å². The number of aromatic nitrogens is 3. The summed E-state index contributed by atoms with van der Waals surface area (Å²) in [6, 6.07) is 2.88. The van der Waals surface area contributed by atoms with Crippen LogP contribution in [0.4, 0.5) is 11.8 Å². The Hall–Kier alpha value is -2.15. The van der Waals surface area contributed by atoms with Crippen LogP contribution in [-0.2, 0) is 6.61 Å². The summed E-state index contributed by atoms with van der Waals surface area (Å²) in [5, 5.41) is 12.5. The van der Waals surface area contributed by atoms with Gasteiger partial charge >= 0.3 is 0 Å². The molecule has 2 aromatic heterocycles. The second kappa shape index (κ2) is 4.15. The quantitative estimate of drug-likeness (QED) is 0.760. The molecule has 0 bridgehead atoms. The predicted octanol–water partition coefficient (Wildman–Crippen LogP) is 0.0181. The second-order valence-electron chi connectivity index (χ2n) is 3.13. The summed E-state index contributed by atoms with van der Waals surface area (Å²) in [5.74, 6) is 0.728. The zero-order valence-corrected chi connectivity index (χ0v) is 8.54. The van der Waals surface area contributed by atoms with E-state index in [1.54, 1.807) is 13.1 Å². The minimum Gasteiger partial charge on any atom is -0.390 e. The molecule has 2 N–H and O–H groups in total. The Morgan fingerprint density at radius 1 is 1.62 bits per heavy atom.